The van der Waals surface area contributed by atoms with E-state index in [0.29, 0.717) is 6.04 Å². The van der Waals surface area contributed by atoms with Gasteiger partial charge in [-0.3, -0.25) is 9.78 Å². The van der Waals surface area contributed by atoms with Gasteiger partial charge in [0, 0.05) is 25.2 Å². The van der Waals surface area contributed by atoms with Gasteiger partial charge in [0.2, 0.25) is 5.91 Å². The van der Waals surface area contributed by atoms with E-state index >= 15 is 0 Å². The van der Waals surface area contributed by atoms with Crippen LogP contribution in [0.25, 0.3) is 0 Å². The molecule has 1 aliphatic rings. The number of nitrogens with zero attached hydrogens (tertiary/aromatic N) is 2. The summed E-state index contributed by atoms with van der Waals surface area (Å²) in [6, 6.07) is 4.19. The van der Waals surface area contributed by atoms with Crippen molar-refractivity contribution < 1.29 is 4.79 Å². The maximum Gasteiger partial charge on any atom is 0.229 e. The zero-order valence-electron chi connectivity index (χ0n) is 10.4. The van der Waals surface area contributed by atoms with E-state index in [0.717, 1.165) is 25.1 Å². The zero-order valence-corrected chi connectivity index (χ0v) is 10.4. The van der Waals surface area contributed by atoms with Gasteiger partial charge in [0.1, 0.15) is 0 Å². The summed E-state index contributed by atoms with van der Waals surface area (Å²) in [5.74, 6) is 0.336. The molecule has 0 aromatic carbocycles. The summed E-state index contributed by atoms with van der Waals surface area (Å²) >= 11 is 0. The Morgan fingerprint density at radius 3 is 3.06 bits per heavy atom. The SMILES string of the molecule is C[C@H]1C[C@@H](C(=O)N(C)c2cccnc2)CCN1. The average Bonchev–Trinajstić information content (AvgIpc) is 2.38. The van der Waals surface area contributed by atoms with Crippen LogP contribution in [0.2, 0.25) is 0 Å². The van der Waals surface area contributed by atoms with Crippen LogP contribution in [0, 0.1) is 5.92 Å². The van der Waals surface area contributed by atoms with Gasteiger partial charge in [-0.05, 0) is 38.4 Å². The van der Waals surface area contributed by atoms with Gasteiger partial charge in [-0.15, -0.1) is 0 Å². The predicted octanol–water partition coefficient (Wildman–Crippen LogP) is 1.43. The Morgan fingerprint density at radius 2 is 2.41 bits per heavy atom. The van der Waals surface area contributed by atoms with Crippen molar-refractivity contribution in [2.45, 2.75) is 25.8 Å². The van der Waals surface area contributed by atoms with Crippen LogP contribution >= 0.6 is 0 Å². The summed E-state index contributed by atoms with van der Waals surface area (Å²) in [7, 11) is 1.83. The molecule has 1 aromatic rings. The topological polar surface area (TPSA) is 45.2 Å². The Morgan fingerprint density at radius 1 is 1.59 bits per heavy atom. The Balaban J connectivity index is 2.04. The molecule has 1 fully saturated rings. The van der Waals surface area contributed by atoms with Crippen molar-refractivity contribution in [3.05, 3.63) is 24.5 Å². The first-order chi connectivity index (χ1) is 8.18. The molecule has 17 heavy (non-hydrogen) atoms. The van der Waals surface area contributed by atoms with Gasteiger partial charge in [-0.1, -0.05) is 0 Å². The molecule has 2 heterocycles. The van der Waals surface area contributed by atoms with E-state index in [1.807, 2.05) is 19.2 Å². The van der Waals surface area contributed by atoms with Crippen LogP contribution in [0.5, 0.6) is 0 Å². The third-order valence-electron chi connectivity index (χ3n) is 3.34. The maximum absolute atomic E-state index is 12.3. The van der Waals surface area contributed by atoms with Gasteiger partial charge >= 0.3 is 0 Å². The third-order valence-corrected chi connectivity index (χ3v) is 3.34. The Kier molecular flexibility index (Phi) is 3.74. The second kappa shape index (κ2) is 5.27. The monoisotopic (exact) mass is 233 g/mol. The molecule has 4 nitrogen and oxygen atoms in total. The second-order valence-electron chi connectivity index (χ2n) is 4.68. The highest BCUT2D eigenvalue weighted by atomic mass is 16.2. The lowest BCUT2D eigenvalue weighted by molar-refractivity contribution is -0.123. The fourth-order valence-corrected chi connectivity index (χ4v) is 2.31. The molecule has 4 heteroatoms. The predicted molar refractivity (Wildman–Crippen MR) is 67.8 cm³/mol. The van der Waals surface area contributed by atoms with Crippen molar-refractivity contribution in [3.8, 4) is 0 Å². The zero-order chi connectivity index (χ0) is 12.3. The number of amides is 1. The molecule has 1 N–H and O–H groups in total. The molecule has 1 aliphatic heterocycles. The first-order valence-electron chi connectivity index (χ1n) is 6.09. The summed E-state index contributed by atoms with van der Waals surface area (Å²) in [4.78, 5) is 18.1. The van der Waals surface area contributed by atoms with Crippen LogP contribution < -0.4 is 10.2 Å². The highest BCUT2D eigenvalue weighted by Gasteiger charge is 2.27. The van der Waals surface area contributed by atoms with E-state index in [-0.39, 0.29) is 11.8 Å². The van der Waals surface area contributed by atoms with Crippen molar-refractivity contribution >= 4 is 11.6 Å². The summed E-state index contributed by atoms with van der Waals surface area (Å²) in [5.41, 5.74) is 0.865. The molecule has 92 valence electrons. The van der Waals surface area contributed by atoms with E-state index in [1.165, 1.54) is 0 Å². The normalized spacial score (nSPS) is 24.4. The smallest absolute Gasteiger partial charge is 0.229 e. The van der Waals surface area contributed by atoms with Crippen molar-refractivity contribution in [1.82, 2.24) is 10.3 Å². The number of pyridine rings is 1. The van der Waals surface area contributed by atoms with E-state index in [9.17, 15) is 4.79 Å². The highest BCUT2D eigenvalue weighted by molar-refractivity contribution is 5.94. The Labute approximate surface area is 102 Å². The summed E-state index contributed by atoms with van der Waals surface area (Å²) in [6.07, 6.45) is 5.29. The van der Waals surface area contributed by atoms with Crippen LogP contribution in [-0.4, -0.2) is 30.5 Å². The van der Waals surface area contributed by atoms with E-state index in [4.69, 9.17) is 0 Å². The number of carbonyl (C=O) groups is 1. The molecule has 0 radical (unpaired) electrons. The fraction of sp³-hybridized carbons (Fsp3) is 0.538. The van der Waals surface area contributed by atoms with E-state index < -0.39 is 0 Å². The van der Waals surface area contributed by atoms with Gasteiger partial charge in [0.25, 0.3) is 0 Å². The van der Waals surface area contributed by atoms with Gasteiger partial charge in [-0.25, -0.2) is 0 Å². The molecule has 2 atom stereocenters. The first kappa shape index (κ1) is 12.0. The lowest BCUT2D eigenvalue weighted by Crippen LogP contribution is -2.43. The third kappa shape index (κ3) is 2.82. The van der Waals surface area contributed by atoms with Gasteiger partial charge in [0.05, 0.1) is 11.9 Å². The second-order valence-corrected chi connectivity index (χ2v) is 4.68. The summed E-state index contributed by atoms with van der Waals surface area (Å²) in [5, 5.41) is 3.36. The molecule has 0 aliphatic carbocycles. The summed E-state index contributed by atoms with van der Waals surface area (Å²) in [6.45, 7) is 3.06. The Hall–Kier alpha value is -1.42. The van der Waals surface area contributed by atoms with Gasteiger partial charge in [-0.2, -0.15) is 0 Å². The van der Waals surface area contributed by atoms with Crippen LogP contribution in [0.1, 0.15) is 19.8 Å². The average molecular weight is 233 g/mol. The van der Waals surface area contributed by atoms with Crippen molar-refractivity contribution in [2.24, 2.45) is 5.92 Å². The molecular weight excluding hydrogens is 214 g/mol. The Bertz CT molecular complexity index is 380. The van der Waals surface area contributed by atoms with Crippen LogP contribution in [0.15, 0.2) is 24.5 Å². The quantitative estimate of drug-likeness (QED) is 0.840. The number of aromatic nitrogens is 1. The molecule has 1 amide bonds. The number of hydrogen-bond acceptors (Lipinski definition) is 3. The van der Waals surface area contributed by atoms with Crippen molar-refractivity contribution in [2.75, 3.05) is 18.5 Å². The number of rotatable bonds is 2. The highest BCUT2D eigenvalue weighted by Crippen LogP contribution is 2.21. The molecule has 0 bridgehead atoms. The lowest BCUT2D eigenvalue weighted by atomic mass is 9.92. The van der Waals surface area contributed by atoms with Crippen molar-refractivity contribution in [3.63, 3.8) is 0 Å². The van der Waals surface area contributed by atoms with E-state index in [2.05, 4.69) is 17.2 Å². The fourth-order valence-electron chi connectivity index (χ4n) is 2.31. The minimum Gasteiger partial charge on any atom is -0.314 e. The van der Waals surface area contributed by atoms with Crippen LogP contribution in [0.4, 0.5) is 5.69 Å². The minimum absolute atomic E-state index is 0.136. The van der Waals surface area contributed by atoms with Gasteiger partial charge < -0.3 is 10.2 Å². The van der Waals surface area contributed by atoms with Crippen LogP contribution in [-0.2, 0) is 4.79 Å². The molecule has 0 saturated carbocycles. The number of carbonyl (C=O) groups excluding carboxylic acids is 1. The summed E-state index contributed by atoms with van der Waals surface area (Å²) < 4.78 is 0. The molecule has 2 rings (SSSR count). The standard InChI is InChI=1S/C13H19N3O/c1-10-8-11(5-7-15-10)13(17)16(2)12-4-3-6-14-9-12/h3-4,6,9-11,15H,5,7-8H2,1-2H3/t10-,11-/m0/s1. The first-order valence-corrected chi connectivity index (χ1v) is 6.09. The van der Waals surface area contributed by atoms with Gasteiger partial charge in [0.15, 0.2) is 0 Å². The lowest BCUT2D eigenvalue weighted by Gasteiger charge is -2.30. The molecular formula is C13H19N3O. The molecule has 1 saturated heterocycles. The molecule has 0 spiro atoms. The van der Waals surface area contributed by atoms with Crippen molar-refractivity contribution in [1.29, 1.82) is 0 Å². The minimum atomic E-state index is 0.136. The number of anilines is 1. The number of nitrogens with one attached hydrogen (secondary N) is 1. The molecule has 1 aromatic heterocycles. The largest absolute Gasteiger partial charge is 0.314 e. The van der Waals surface area contributed by atoms with E-state index in [1.54, 1.807) is 17.3 Å². The number of hydrogen-bond donors (Lipinski definition) is 1. The number of piperidine rings is 1. The van der Waals surface area contributed by atoms with Crippen LogP contribution in [0.3, 0.4) is 0 Å². The molecule has 0 unspecified atom stereocenters. The maximum atomic E-state index is 12.3.